The van der Waals surface area contributed by atoms with Gasteiger partial charge < -0.3 is 10.6 Å². The predicted molar refractivity (Wildman–Crippen MR) is 126 cm³/mol. The third-order valence-corrected chi connectivity index (χ3v) is 5.15. The van der Waals surface area contributed by atoms with E-state index in [-0.39, 0.29) is 22.5 Å². The van der Waals surface area contributed by atoms with Crippen LogP contribution in [0.5, 0.6) is 0 Å². The van der Waals surface area contributed by atoms with Gasteiger partial charge in [0.2, 0.25) is 0 Å². The zero-order valence-electron chi connectivity index (χ0n) is 17.9. The molecule has 0 aliphatic heterocycles. The fourth-order valence-corrected chi connectivity index (χ4v) is 3.47. The number of anilines is 2. The Morgan fingerprint density at radius 3 is 2.43 bits per heavy atom. The van der Waals surface area contributed by atoms with Gasteiger partial charge in [0.25, 0.3) is 0 Å². The van der Waals surface area contributed by atoms with E-state index in [1.165, 1.54) is 30.3 Å². The molecule has 172 valence electrons. The summed E-state index contributed by atoms with van der Waals surface area (Å²) in [7, 11) is 0. The maximum Gasteiger partial charge on any atom is 0.323 e. The van der Waals surface area contributed by atoms with Crippen molar-refractivity contribution in [3.63, 3.8) is 0 Å². The molecular weight excluding hydrogens is 454 g/mol. The zero-order valence-corrected chi connectivity index (χ0v) is 17.9. The van der Waals surface area contributed by atoms with Crippen LogP contribution in [0.3, 0.4) is 0 Å². The number of benzene rings is 3. The van der Waals surface area contributed by atoms with Crippen LogP contribution < -0.4 is 10.6 Å². The van der Waals surface area contributed by atoms with Crippen LogP contribution >= 0.6 is 0 Å². The van der Waals surface area contributed by atoms with E-state index in [2.05, 4.69) is 30.8 Å². The topological polar surface area (TPSA) is 113 Å². The van der Waals surface area contributed by atoms with Crippen LogP contribution in [0.1, 0.15) is 15.9 Å². The Morgan fingerprint density at radius 2 is 1.69 bits per heavy atom. The van der Waals surface area contributed by atoms with E-state index in [4.69, 9.17) is 0 Å². The number of hydrogen-bond donors (Lipinski definition) is 3. The molecule has 35 heavy (non-hydrogen) atoms. The summed E-state index contributed by atoms with van der Waals surface area (Å²) in [6.45, 7) is 0. The van der Waals surface area contributed by atoms with Gasteiger partial charge in [0.1, 0.15) is 11.6 Å². The van der Waals surface area contributed by atoms with E-state index in [1.807, 2.05) is 0 Å². The first-order valence-electron chi connectivity index (χ1n) is 10.4. The Kier molecular flexibility index (Phi) is 5.68. The molecule has 0 saturated heterocycles. The summed E-state index contributed by atoms with van der Waals surface area (Å²) in [4.78, 5) is 34.0. The van der Waals surface area contributed by atoms with Gasteiger partial charge in [0, 0.05) is 28.7 Å². The average molecular weight is 470 g/mol. The smallest absolute Gasteiger partial charge is 0.308 e. The van der Waals surface area contributed by atoms with Crippen LogP contribution in [0, 0.1) is 11.6 Å². The van der Waals surface area contributed by atoms with Gasteiger partial charge in [-0.15, -0.1) is 0 Å². The molecule has 0 aliphatic rings. The molecule has 10 heteroatoms. The van der Waals surface area contributed by atoms with E-state index in [9.17, 15) is 18.4 Å². The standard InChI is InChI=1S/C25H16F2N6O2/c26-16-2-1-3-17(9-16)31-25(35)32-18-5-6-19(20(27)10-18)24(34)14-4-7-21-22(8-14)33-23(13-28-21)15-11-29-30-12-15/h1-13H,(H,29,30)(H2,31,32,35). The maximum absolute atomic E-state index is 14.8. The highest BCUT2D eigenvalue weighted by atomic mass is 19.1. The van der Waals surface area contributed by atoms with Crippen molar-refractivity contribution in [1.29, 1.82) is 0 Å². The summed E-state index contributed by atoms with van der Waals surface area (Å²) in [5.74, 6) is -1.86. The van der Waals surface area contributed by atoms with Crippen molar-refractivity contribution >= 4 is 34.2 Å². The van der Waals surface area contributed by atoms with Crippen molar-refractivity contribution in [1.82, 2.24) is 20.2 Å². The lowest BCUT2D eigenvalue weighted by Gasteiger charge is -2.10. The highest BCUT2D eigenvalue weighted by molar-refractivity contribution is 6.10. The van der Waals surface area contributed by atoms with E-state index in [0.29, 0.717) is 16.7 Å². The number of aromatic amines is 1. The van der Waals surface area contributed by atoms with Gasteiger partial charge in [0.15, 0.2) is 5.78 Å². The van der Waals surface area contributed by atoms with Gasteiger partial charge in [-0.1, -0.05) is 6.07 Å². The van der Waals surface area contributed by atoms with Crippen LogP contribution in [0.2, 0.25) is 0 Å². The van der Waals surface area contributed by atoms with E-state index in [0.717, 1.165) is 17.7 Å². The molecule has 0 spiro atoms. The third kappa shape index (κ3) is 4.71. The summed E-state index contributed by atoms with van der Waals surface area (Å²) >= 11 is 0. The second-order valence-corrected chi connectivity index (χ2v) is 7.56. The first kappa shape index (κ1) is 21.8. The van der Waals surface area contributed by atoms with Crippen LogP contribution in [-0.2, 0) is 0 Å². The van der Waals surface area contributed by atoms with Crippen LogP contribution in [0.4, 0.5) is 25.0 Å². The summed E-state index contributed by atoms with van der Waals surface area (Å²) in [6, 6.07) is 13.1. The lowest BCUT2D eigenvalue weighted by Crippen LogP contribution is -2.19. The molecule has 2 amide bonds. The molecule has 2 aromatic heterocycles. The van der Waals surface area contributed by atoms with Crippen molar-refractivity contribution in [3.05, 3.63) is 102 Å². The number of nitrogens with zero attached hydrogens (tertiary/aromatic N) is 3. The Morgan fingerprint density at radius 1 is 0.857 bits per heavy atom. The fraction of sp³-hybridized carbons (Fsp3) is 0. The van der Waals surface area contributed by atoms with Gasteiger partial charge in [-0.3, -0.25) is 14.9 Å². The zero-order chi connectivity index (χ0) is 24.4. The molecule has 5 aromatic rings. The largest absolute Gasteiger partial charge is 0.323 e. The fourth-order valence-electron chi connectivity index (χ4n) is 3.47. The Bertz CT molecular complexity index is 1570. The highest BCUT2D eigenvalue weighted by Crippen LogP contribution is 2.22. The number of halogens is 2. The molecule has 0 fully saturated rings. The minimum absolute atomic E-state index is 0.127. The second kappa shape index (κ2) is 9.10. The van der Waals surface area contributed by atoms with Crippen molar-refractivity contribution in [3.8, 4) is 11.3 Å². The number of aromatic nitrogens is 4. The molecule has 0 radical (unpaired) electrons. The van der Waals surface area contributed by atoms with Gasteiger partial charge in [-0.25, -0.2) is 18.6 Å². The minimum Gasteiger partial charge on any atom is -0.308 e. The molecule has 8 nitrogen and oxygen atoms in total. The Balaban J connectivity index is 1.35. The molecule has 3 aromatic carbocycles. The normalized spacial score (nSPS) is 10.8. The first-order valence-corrected chi connectivity index (χ1v) is 10.4. The monoisotopic (exact) mass is 470 g/mol. The predicted octanol–water partition coefficient (Wildman–Crippen LogP) is 5.17. The number of fused-ring (bicyclic) bond motifs is 1. The van der Waals surface area contributed by atoms with Crippen molar-refractivity contribution < 1.29 is 18.4 Å². The number of carbonyl (C=O) groups excluding carboxylic acids is 2. The van der Waals surface area contributed by atoms with Gasteiger partial charge in [-0.05, 0) is 54.6 Å². The van der Waals surface area contributed by atoms with E-state index < -0.39 is 23.4 Å². The van der Waals surface area contributed by atoms with Gasteiger partial charge in [-0.2, -0.15) is 5.10 Å². The summed E-state index contributed by atoms with van der Waals surface area (Å²) in [6.07, 6.45) is 4.88. The molecule has 0 aliphatic carbocycles. The Labute approximate surface area is 197 Å². The molecular formula is C25H16F2N6O2. The number of H-pyrrole nitrogens is 1. The highest BCUT2D eigenvalue weighted by Gasteiger charge is 2.16. The number of hydrogen-bond acceptors (Lipinski definition) is 5. The van der Waals surface area contributed by atoms with Gasteiger partial charge >= 0.3 is 6.03 Å². The number of nitrogens with one attached hydrogen (secondary N) is 3. The average Bonchev–Trinajstić information content (AvgIpc) is 3.38. The van der Waals surface area contributed by atoms with Crippen LogP contribution in [0.15, 0.2) is 79.3 Å². The second-order valence-electron chi connectivity index (χ2n) is 7.56. The van der Waals surface area contributed by atoms with Crippen molar-refractivity contribution in [2.24, 2.45) is 0 Å². The number of amides is 2. The van der Waals surface area contributed by atoms with Crippen molar-refractivity contribution in [2.45, 2.75) is 0 Å². The lowest BCUT2D eigenvalue weighted by atomic mass is 10.0. The number of carbonyl (C=O) groups is 2. The van der Waals surface area contributed by atoms with Crippen molar-refractivity contribution in [2.75, 3.05) is 10.6 Å². The SMILES string of the molecule is O=C(Nc1cccc(F)c1)Nc1ccc(C(=O)c2ccc3ncc(-c4cn[nH]c4)nc3c2)c(F)c1. The molecule has 3 N–H and O–H groups in total. The molecule has 5 rings (SSSR count). The molecule has 0 bridgehead atoms. The molecule has 2 heterocycles. The Hall–Kier alpha value is -4.99. The number of ketones is 1. The molecule has 0 saturated carbocycles. The number of rotatable bonds is 5. The molecule has 0 atom stereocenters. The van der Waals surface area contributed by atoms with Crippen LogP contribution in [0.25, 0.3) is 22.3 Å². The first-order chi connectivity index (χ1) is 17.0. The quantitative estimate of drug-likeness (QED) is 0.307. The molecule has 0 unspecified atom stereocenters. The summed E-state index contributed by atoms with van der Waals surface area (Å²) < 4.78 is 28.1. The van der Waals surface area contributed by atoms with E-state index in [1.54, 1.807) is 36.8 Å². The number of urea groups is 1. The van der Waals surface area contributed by atoms with Crippen LogP contribution in [-0.4, -0.2) is 32.0 Å². The maximum atomic E-state index is 14.8. The third-order valence-electron chi connectivity index (χ3n) is 5.15. The summed E-state index contributed by atoms with van der Waals surface area (Å²) in [5, 5.41) is 11.5. The van der Waals surface area contributed by atoms with Gasteiger partial charge in [0.05, 0.1) is 34.7 Å². The lowest BCUT2D eigenvalue weighted by molar-refractivity contribution is 0.103. The summed E-state index contributed by atoms with van der Waals surface area (Å²) in [5.41, 5.74) is 2.81. The van der Waals surface area contributed by atoms with E-state index >= 15 is 0 Å². The minimum atomic E-state index is -0.808.